The molecule has 0 spiro atoms. The lowest BCUT2D eigenvalue weighted by molar-refractivity contribution is 0.283. The summed E-state index contributed by atoms with van der Waals surface area (Å²) in [5.74, 6) is 3.56. The molecule has 2 rings (SSSR count). The Balaban J connectivity index is 1.70. The topological polar surface area (TPSA) is 0 Å². The summed E-state index contributed by atoms with van der Waals surface area (Å²) in [5, 5.41) is 0. The fourth-order valence-corrected chi connectivity index (χ4v) is 3.97. The smallest absolute Gasteiger partial charge is 0.0162 e. The van der Waals surface area contributed by atoms with E-state index in [9.17, 15) is 0 Å². The van der Waals surface area contributed by atoms with Gasteiger partial charge in [0.25, 0.3) is 0 Å². The lowest BCUT2D eigenvalue weighted by atomic mass is 9.76. The molecule has 1 saturated carbocycles. The van der Waals surface area contributed by atoms with Crippen molar-refractivity contribution in [2.24, 2.45) is 17.8 Å². The van der Waals surface area contributed by atoms with Gasteiger partial charge in [-0.2, -0.15) is 0 Å². The van der Waals surface area contributed by atoms with Crippen molar-refractivity contribution in [1.82, 2.24) is 0 Å². The van der Waals surface area contributed by atoms with Gasteiger partial charge in [-0.15, -0.1) is 0 Å². The Labute approximate surface area is 144 Å². The molecule has 0 amide bonds. The number of hydrogen-bond donors (Lipinski definition) is 0. The van der Waals surface area contributed by atoms with Crippen molar-refractivity contribution in [3.05, 3.63) is 42.0 Å². The standard InChI is InChI=1S/C23H36/c1-5-20-10-14-22(15-11-20)23-16-12-21(13-17-23)9-8-19(4)7-6-18(2)3/h5,10-11,14-15,18-19,21,23H,1,6-9,12-13,16-17H2,2-4H3. The van der Waals surface area contributed by atoms with Gasteiger partial charge in [0.15, 0.2) is 0 Å². The van der Waals surface area contributed by atoms with E-state index in [-0.39, 0.29) is 0 Å². The van der Waals surface area contributed by atoms with E-state index in [1.54, 1.807) is 5.56 Å². The summed E-state index contributed by atoms with van der Waals surface area (Å²) in [6.45, 7) is 11.0. The lowest BCUT2D eigenvalue weighted by Crippen LogP contribution is -2.14. The van der Waals surface area contributed by atoms with Crippen LogP contribution in [0.25, 0.3) is 6.08 Å². The molecule has 0 aromatic heterocycles. The molecule has 0 heteroatoms. The molecule has 23 heavy (non-hydrogen) atoms. The third-order valence-electron chi connectivity index (χ3n) is 5.79. The molecule has 1 unspecified atom stereocenters. The van der Waals surface area contributed by atoms with Crippen molar-refractivity contribution in [3.8, 4) is 0 Å². The van der Waals surface area contributed by atoms with E-state index >= 15 is 0 Å². The quantitative estimate of drug-likeness (QED) is 0.467. The molecule has 0 radical (unpaired) electrons. The fourth-order valence-electron chi connectivity index (χ4n) is 3.97. The molecule has 0 aliphatic heterocycles. The van der Waals surface area contributed by atoms with E-state index in [1.165, 1.54) is 56.9 Å². The second-order valence-corrected chi connectivity index (χ2v) is 8.24. The fraction of sp³-hybridized carbons (Fsp3) is 0.652. The average molecular weight is 313 g/mol. The Morgan fingerprint density at radius 1 is 0.957 bits per heavy atom. The van der Waals surface area contributed by atoms with E-state index in [1.807, 2.05) is 6.08 Å². The second kappa shape index (κ2) is 9.30. The SMILES string of the molecule is C=Cc1ccc(C2CCC(CCC(C)CCC(C)C)CC2)cc1. The Hall–Kier alpha value is -1.04. The van der Waals surface area contributed by atoms with E-state index in [0.717, 1.165) is 23.7 Å². The van der Waals surface area contributed by atoms with Crippen LogP contribution in [0, 0.1) is 17.8 Å². The Bertz CT molecular complexity index is 445. The Morgan fingerprint density at radius 2 is 1.61 bits per heavy atom. The van der Waals surface area contributed by atoms with E-state index in [0.29, 0.717) is 0 Å². The van der Waals surface area contributed by atoms with Crippen LogP contribution in [0.3, 0.4) is 0 Å². The highest BCUT2D eigenvalue weighted by atomic mass is 14.3. The van der Waals surface area contributed by atoms with Crippen LogP contribution in [0.5, 0.6) is 0 Å². The summed E-state index contributed by atoms with van der Waals surface area (Å²) in [5.41, 5.74) is 2.78. The van der Waals surface area contributed by atoms with Crippen LogP contribution in [0.1, 0.15) is 89.2 Å². The van der Waals surface area contributed by atoms with Gasteiger partial charge in [0, 0.05) is 0 Å². The van der Waals surface area contributed by atoms with E-state index in [4.69, 9.17) is 0 Å². The van der Waals surface area contributed by atoms with Crippen LogP contribution in [0.2, 0.25) is 0 Å². The second-order valence-electron chi connectivity index (χ2n) is 8.24. The summed E-state index contributed by atoms with van der Waals surface area (Å²) < 4.78 is 0. The first-order chi connectivity index (χ1) is 11.1. The first-order valence-electron chi connectivity index (χ1n) is 9.81. The number of rotatable bonds is 8. The van der Waals surface area contributed by atoms with Crippen molar-refractivity contribution >= 4 is 6.08 Å². The van der Waals surface area contributed by atoms with Crippen LogP contribution >= 0.6 is 0 Å². The molecule has 128 valence electrons. The first-order valence-corrected chi connectivity index (χ1v) is 9.81. The number of benzene rings is 1. The minimum absolute atomic E-state index is 0.795. The molecule has 0 bridgehead atoms. The van der Waals surface area contributed by atoms with Gasteiger partial charge < -0.3 is 0 Å². The zero-order valence-electron chi connectivity index (χ0n) is 15.6. The molecule has 1 fully saturated rings. The lowest BCUT2D eigenvalue weighted by Gasteiger charge is -2.29. The van der Waals surface area contributed by atoms with Gasteiger partial charge in [-0.1, -0.05) is 83.4 Å². The van der Waals surface area contributed by atoms with Gasteiger partial charge in [0.1, 0.15) is 0 Å². The van der Waals surface area contributed by atoms with Gasteiger partial charge >= 0.3 is 0 Å². The van der Waals surface area contributed by atoms with E-state index < -0.39 is 0 Å². The molecule has 1 aromatic carbocycles. The molecule has 0 N–H and O–H groups in total. The Morgan fingerprint density at radius 3 is 2.17 bits per heavy atom. The predicted octanol–water partition coefficient (Wildman–Crippen LogP) is 7.46. The maximum Gasteiger partial charge on any atom is -0.0162 e. The monoisotopic (exact) mass is 312 g/mol. The third-order valence-corrected chi connectivity index (χ3v) is 5.79. The summed E-state index contributed by atoms with van der Waals surface area (Å²) >= 11 is 0. The first kappa shape index (κ1) is 18.3. The molecule has 1 aromatic rings. The molecule has 1 aliphatic carbocycles. The molecular weight excluding hydrogens is 276 g/mol. The van der Waals surface area contributed by atoms with Crippen LogP contribution in [-0.2, 0) is 0 Å². The molecule has 1 aliphatic rings. The number of hydrogen-bond acceptors (Lipinski definition) is 0. The van der Waals surface area contributed by atoms with Crippen molar-refractivity contribution in [2.75, 3.05) is 0 Å². The highest BCUT2D eigenvalue weighted by Crippen LogP contribution is 2.38. The highest BCUT2D eigenvalue weighted by Gasteiger charge is 2.22. The molecular formula is C23H36. The zero-order valence-corrected chi connectivity index (χ0v) is 15.6. The average Bonchev–Trinajstić information content (AvgIpc) is 2.58. The molecule has 1 atom stereocenters. The predicted molar refractivity (Wildman–Crippen MR) is 104 cm³/mol. The van der Waals surface area contributed by atoms with Gasteiger partial charge in [-0.05, 0) is 60.5 Å². The van der Waals surface area contributed by atoms with Crippen LogP contribution < -0.4 is 0 Å². The summed E-state index contributed by atoms with van der Waals surface area (Å²) in [6, 6.07) is 9.06. The molecule has 0 nitrogen and oxygen atoms in total. The van der Waals surface area contributed by atoms with Gasteiger partial charge in [0.05, 0.1) is 0 Å². The van der Waals surface area contributed by atoms with Gasteiger partial charge in [-0.3, -0.25) is 0 Å². The van der Waals surface area contributed by atoms with Gasteiger partial charge in [-0.25, -0.2) is 0 Å². The Kier molecular flexibility index (Phi) is 7.40. The minimum atomic E-state index is 0.795. The maximum atomic E-state index is 3.84. The highest BCUT2D eigenvalue weighted by molar-refractivity contribution is 5.47. The third kappa shape index (κ3) is 6.16. The zero-order chi connectivity index (χ0) is 16.7. The molecule has 0 saturated heterocycles. The van der Waals surface area contributed by atoms with Gasteiger partial charge in [0.2, 0.25) is 0 Å². The summed E-state index contributed by atoms with van der Waals surface area (Å²) in [7, 11) is 0. The maximum absolute atomic E-state index is 3.84. The summed E-state index contributed by atoms with van der Waals surface area (Å²) in [4.78, 5) is 0. The van der Waals surface area contributed by atoms with Crippen LogP contribution in [0.15, 0.2) is 30.8 Å². The van der Waals surface area contributed by atoms with Crippen molar-refractivity contribution < 1.29 is 0 Å². The van der Waals surface area contributed by atoms with E-state index in [2.05, 4.69) is 51.6 Å². The summed E-state index contributed by atoms with van der Waals surface area (Å²) in [6.07, 6.45) is 13.3. The van der Waals surface area contributed by atoms with Crippen LogP contribution in [0.4, 0.5) is 0 Å². The van der Waals surface area contributed by atoms with Crippen molar-refractivity contribution in [2.45, 2.75) is 78.1 Å². The largest absolute Gasteiger partial charge is 0.0985 e. The van der Waals surface area contributed by atoms with Crippen molar-refractivity contribution in [3.63, 3.8) is 0 Å². The molecule has 0 heterocycles. The minimum Gasteiger partial charge on any atom is -0.0985 e. The van der Waals surface area contributed by atoms with Crippen molar-refractivity contribution in [1.29, 1.82) is 0 Å². The normalized spacial score (nSPS) is 23.0. The van der Waals surface area contributed by atoms with Crippen LogP contribution in [-0.4, -0.2) is 0 Å².